The fourth-order valence-electron chi connectivity index (χ4n) is 4.20. The molecule has 2 atom stereocenters. The number of hydrogen-bond donors (Lipinski definition) is 2. The molecular formula is C16H16N2O2. The third kappa shape index (κ3) is 1.26. The van der Waals surface area contributed by atoms with Crippen LogP contribution in [0.15, 0.2) is 39.7 Å². The van der Waals surface area contributed by atoms with Crippen LogP contribution in [0.3, 0.4) is 0 Å². The third-order valence-corrected chi connectivity index (χ3v) is 4.82. The molecule has 0 spiro atoms. The van der Waals surface area contributed by atoms with Crippen molar-refractivity contribution in [2.75, 3.05) is 0 Å². The lowest BCUT2D eigenvalue weighted by atomic mass is 9.63. The van der Waals surface area contributed by atoms with E-state index in [4.69, 9.17) is 0 Å². The first-order chi connectivity index (χ1) is 9.51. The first-order valence-corrected chi connectivity index (χ1v) is 6.95. The van der Waals surface area contributed by atoms with Crippen LogP contribution in [0.1, 0.15) is 31.5 Å². The Morgan fingerprint density at radius 2 is 2.05 bits per heavy atom. The van der Waals surface area contributed by atoms with Gasteiger partial charge in [-0.3, -0.25) is 9.59 Å². The van der Waals surface area contributed by atoms with Crippen LogP contribution in [0, 0.1) is 5.92 Å². The molecule has 2 N–H and O–H groups in total. The maximum atomic E-state index is 12.2. The van der Waals surface area contributed by atoms with Crippen molar-refractivity contribution in [2.45, 2.75) is 32.2 Å². The maximum absolute atomic E-state index is 12.2. The van der Waals surface area contributed by atoms with Gasteiger partial charge in [0.1, 0.15) is 0 Å². The second-order valence-electron chi connectivity index (χ2n) is 6.11. The van der Waals surface area contributed by atoms with Crippen molar-refractivity contribution < 1.29 is 4.79 Å². The quantitative estimate of drug-likeness (QED) is 0.701. The molecule has 4 nitrogen and oxygen atoms in total. The number of fused-ring (bicyclic) bond motifs is 1. The van der Waals surface area contributed by atoms with Gasteiger partial charge in [-0.05, 0) is 38.3 Å². The summed E-state index contributed by atoms with van der Waals surface area (Å²) in [6.07, 6.45) is 3.80. The van der Waals surface area contributed by atoms with Crippen molar-refractivity contribution in [1.29, 1.82) is 0 Å². The molecule has 4 rings (SSSR count). The topological polar surface area (TPSA) is 62.0 Å². The van der Waals surface area contributed by atoms with Crippen LogP contribution in [0.25, 0.3) is 0 Å². The number of pyridine rings is 1. The van der Waals surface area contributed by atoms with Gasteiger partial charge in [0.15, 0.2) is 0 Å². The average molecular weight is 268 g/mol. The molecule has 2 bridgehead atoms. The SMILES string of the molecule is CC1=CC2Cc3[nH]c(=O)ccc3C3(C1)NC(=O)C(C)=C23. The van der Waals surface area contributed by atoms with Crippen molar-refractivity contribution in [2.24, 2.45) is 5.92 Å². The first kappa shape index (κ1) is 11.7. The van der Waals surface area contributed by atoms with Gasteiger partial charge in [0, 0.05) is 28.8 Å². The Kier molecular flexibility index (Phi) is 2.05. The first-order valence-electron chi connectivity index (χ1n) is 6.95. The monoisotopic (exact) mass is 268 g/mol. The number of allylic oxidation sites excluding steroid dienone is 1. The number of amides is 1. The average Bonchev–Trinajstić information content (AvgIpc) is 2.61. The van der Waals surface area contributed by atoms with E-state index in [0.717, 1.165) is 29.7 Å². The van der Waals surface area contributed by atoms with Gasteiger partial charge in [0.05, 0.1) is 5.54 Å². The Morgan fingerprint density at radius 3 is 2.85 bits per heavy atom. The van der Waals surface area contributed by atoms with E-state index >= 15 is 0 Å². The van der Waals surface area contributed by atoms with E-state index in [9.17, 15) is 9.59 Å². The molecule has 2 heterocycles. The van der Waals surface area contributed by atoms with Gasteiger partial charge in [0.25, 0.3) is 0 Å². The summed E-state index contributed by atoms with van der Waals surface area (Å²) in [5.41, 5.74) is 4.86. The van der Waals surface area contributed by atoms with Crippen molar-refractivity contribution in [3.05, 3.63) is 56.5 Å². The van der Waals surface area contributed by atoms with E-state index < -0.39 is 5.54 Å². The molecule has 1 aromatic rings. The molecule has 20 heavy (non-hydrogen) atoms. The van der Waals surface area contributed by atoms with Crippen LogP contribution in [0.4, 0.5) is 0 Å². The largest absolute Gasteiger partial charge is 0.339 e. The maximum Gasteiger partial charge on any atom is 0.248 e. The van der Waals surface area contributed by atoms with Gasteiger partial charge < -0.3 is 10.3 Å². The van der Waals surface area contributed by atoms with Crippen LogP contribution in [-0.2, 0) is 16.8 Å². The highest BCUT2D eigenvalue weighted by atomic mass is 16.2. The van der Waals surface area contributed by atoms with E-state index in [1.165, 1.54) is 11.1 Å². The van der Waals surface area contributed by atoms with Crippen LogP contribution in [0.5, 0.6) is 0 Å². The molecule has 1 aromatic heterocycles. The third-order valence-electron chi connectivity index (χ3n) is 4.82. The number of carbonyl (C=O) groups excluding carboxylic acids is 1. The Morgan fingerprint density at radius 1 is 1.25 bits per heavy atom. The molecule has 102 valence electrons. The fourth-order valence-corrected chi connectivity index (χ4v) is 4.20. The summed E-state index contributed by atoms with van der Waals surface area (Å²) in [6, 6.07) is 3.43. The van der Waals surface area contributed by atoms with Gasteiger partial charge in [-0.15, -0.1) is 0 Å². The summed E-state index contributed by atoms with van der Waals surface area (Å²) >= 11 is 0. The van der Waals surface area contributed by atoms with E-state index in [1.807, 2.05) is 13.0 Å². The molecule has 3 aliphatic rings. The second kappa shape index (κ2) is 3.51. The summed E-state index contributed by atoms with van der Waals surface area (Å²) in [4.78, 5) is 26.7. The van der Waals surface area contributed by atoms with E-state index in [0.29, 0.717) is 0 Å². The Bertz CT molecular complexity index is 769. The molecule has 0 saturated heterocycles. The number of aromatic amines is 1. The molecule has 0 aromatic carbocycles. The minimum Gasteiger partial charge on any atom is -0.339 e. The van der Waals surface area contributed by atoms with Crippen molar-refractivity contribution in [3.8, 4) is 0 Å². The summed E-state index contributed by atoms with van der Waals surface area (Å²) in [5, 5.41) is 3.18. The fraction of sp³-hybridized carbons (Fsp3) is 0.375. The van der Waals surface area contributed by atoms with Gasteiger partial charge in [-0.25, -0.2) is 0 Å². The van der Waals surface area contributed by atoms with Crippen LogP contribution in [0.2, 0.25) is 0 Å². The highest BCUT2D eigenvalue weighted by molar-refractivity contribution is 5.99. The highest BCUT2D eigenvalue weighted by Crippen LogP contribution is 2.52. The summed E-state index contributed by atoms with van der Waals surface area (Å²) in [5.74, 6) is 0.236. The lowest BCUT2D eigenvalue weighted by Crippen LogP contribution is -2.49. The highest BCUT2D eigenvalue weighted by Gasteiger charge is 2.52. The predicted octanol–water partition coefficient (Wildman–Crippen LogP) is 1.54. The zero-order valence-corrected chi connectivity index (χ0v) is 11.5. The minimum absolute atomic E-state index is 0.0205. The number of carbonyl (C=O) groups is 1. The number of nitrogens with one attached hydrogen (secondary N) is 2. The zero-order valence-electron chi connectivity index (χ0n) is 11.5. The van der Waals surface area contributed by atoms with Gasteiger partial charge in [0.2, 0.25) is 11.5 Å². The molecule has 1 aliphatic heterocycles. The molecule has 4 heteroatoms. The number of hydrogen-bond acceptors (Lipinski definition) is 2. The molecule has 1 amide bonds. The number of rotatable bonds is 0. The molecule has 2 unspecified atom stereocenters. The van der Waals surface area contributed by atoms with Crippen LogP contribution >= 0.6 is 0 Å². The van der Waals surface area contributed by atoms with Crippen molar-refractivity contribution in [1.82, 2.24) is 10.3 Å². The molecule has 0 saturated carbocycles. The standard InChI is InChI=1S/C16H16N2O2/c1-8-5-10-6-12-11(3-4-13(19)17-12)16(7-8)14(10)9(2)15(20)18-16/h3-5,10H,6-7H2,1-2H3,(H,17,19)(H,18,20). The Labute approximate surface area is 116 Å². The lowest BCUT2D eigenvalue weighted by molar-refractivity contribution is -0.117. The molecule has 0 fully saturated rings. The predicted molar refractivity (Wildman–Crippen MR) is 75.2 cm³/mol. The van der Waals surface area contributed by atoms with Gasteiger partial charge in [-0.2, -0.15) is 0 Å². The van der Waals surface area contributed by atoms with Gasteiger partial charge >= 0.3 is 0 Å². The summed E-state index contributed by atoms with van der Waals surface area (Å²) in [7, 11) is 0. The number of H-pyrrole nitrogens is 1. The molecular weight excluding hydrogens is 252 g/mol. The van der Waals surface area contributed by atoms with E-state index in [1.54, 1.807) is 6.07 Å². The summed E-state index contributed by atoms with van der Waals surface area (Å²) in [6.45, 7) is 4.02. The molecule has 0 radical (unpaired) electrons. The summed E-state index contributed by atoms with van der Waals surface area (Å²) < 4.78 is 0. The Hall–Kier alpha value is -2.10. The normalized spacial score (nSPS) is 30.6. The van der Waals surface area contributed by atoms with Crippen LogP contribution < -0.4 is 10.9 Å². The van der Waals surface area contributed by atoms with Crippen molar-refractivity contribution in [3.63, 3.8) is 0 Å². The van der Waals surface area contributed by atoms with Gasteiger partial charge in [-0.1, -0.05) is 11.6 Å². The molecule has 2 aliphatic carbocycles. The van der Waals surface area contributed by atoms with E-state index in [-0.39, 0.29) is 17.4 Å². The minimum atomic E-state index is -0.428. The smallest absolute Gasteiger partial charge is 0.248 e. The number of aromatic nitrogens is 1. The van der Waals surface area contributed by atoms with Crippen LogP contribution in [-0.4, -0.2) is 10.9 Å². The van der Waals surface area contributed by atoms with Crippen molar-refractivity contribution >= 4 is 5.91 Å². The lowest BCUT2D eigenvalue weighted by Gasteiger charge is -2.44. The second-order valence-corrected chi connectivity index (χ2v) is 6.11. The Balaban J connectivity index is 2.07. The zero-order chi connectivity index (χ0) is 14.1. The van der Waals surface area contributed by atoms with E-state index in [2.05, 4.69) is 23.3 Å².